The smallest absolute Gasteiger partial charge is 0.0640 e. The van der Waals surface area contributed by atoms with E-state index >= 15 is 0 Å². The predicted octanol–water partition coefficient (Wildman–Crippen LogP) is 1.28. The van der Waals surface area contributed by atoms with Crippen LogP contribution in [0.5, 0.6) is 0 Å². The molecule has 3 heteroatoms. The Hall–Kier alpha value is -1.04. The average molecular weight is 139 g/mol. The van der Waals surface area contributed by atoms with Crippen LogP contribution >= 0.6 is 0 Å². The summed E-state index contributed by atoms with van der Waals surface area (Å²) in [6, 6.07) is 2.02. The minimum atomic E-state index is 0.517. The van der Waals surface area contributed by atoms with Crippen molar-refractivity contribution in [2.75, 3.05) is 6.54 Å². The van der Waals surface area contributed by atoms with Crippen LogP contribution in [0.4, 0.5) is 0 Å². The second-order valence-corrected chi connectivity index (χ2v) is 1.92. The largest absolute Gasteiger partial charge is 0.309 e. The van der Waals surface area contributed by atoms with Crippen molar-refractivity contribution in [1.29, 1.82) is 5.26 Å². The molecule has 0 bridgehead atoms. The van der Waals surface area contributed by atoms with Crippen molar-refractivity contribution < 1.29 is 0 Å². The van der Waals surface area contributed by atoms with Crippen molar-refractivity contribution in [3.8, 4) is 6.07 Å². The van der Waals surface area contributed by atoms with Crippen molar-refractivity contribution in [3.63, 3.8) is 0 Å². The lowest BCUT2D eigenvalue weighted by molar-refractivity contribution is 0.746. The Labute approximate surface area is 61.7 Å². The fraction of sp³-hybridized carbons (Fsp3) is 0.714. The number of unbranched alkanes of at least 4 members (excludes halogenated alkanes) is 1. The predicted molar refractivity (Wildman–Crippen MR) is 41.6 cm³/mol. The van der Waals surface area contributed by atoms with Crippen LogP contribution in [0.1, 0.15) is 26.2 Å². The molecule has 0 atom stereocenters. The van der Waals surface area contributed by atoms with Gasteiger partial charge >= 0.3 is 0 Å². The van der Waals surface area contributed by atoms with Gasteiger partial charge in [-0.3, -0.25) is 0 Å². The molecule has 0 saturated carbocycles. The molecule has 0 aromatic rings. The van der Waals surface area contributed by atoms with Gasteiger partial charge in [0.2, 0.25) is 0 Å². The van der Waals surface area contributed by atoms with Gasteiger partial charge in [0.25, 0.3) is 0 Å². The Bertz CT molecular complexity index is 123. The quantitative estimate of drug-likeness (QED) is 0.354. The van der Waals surface area contributed by atoms with E-state index in [1.165, 1.54) is 0 Å². The molecule has 0 fully saturated rings. The molecule has 0 spiro atoms. The van der Waals surface area contributed by atoms with Crippen molar-refractivity contribution in [3.05, 3.63) is 0 Å². The zero-order valence-electron chi connectivity index (χ0n) is 6.30. The summed E-state index contributed by atoms with van der Waals surface area (Å²) in [7, 11) is 0. The number of hydrogen-bond donors (Lipinski definition) is 1. The molecule has 0 aliphatic heterocycles. The normalized spacial score (nSPS) is 9.60. The first kappa shape index (κ1) is 8.96. The summed E-state index contributed by atoms with van der Waals surface area (Å²) in [5.74, 6) is 0. The first-order valence-corrected chi connectivity index (χ1v) is 3.53. The molecule has 1 N–H and O–H groups in total. The van der Waals surface area contributed by atoms with Crippen LogP contribution in [0.15, 0.2) is 5.10 Å². The molecule has 0 rings (SSSR count). The third kappa shape index (κ3) is 6.96. The summed E-state index contributed by atoms with van der Waals surface area (Å²) in [5.41, 5.74) is 2.77. The number of nitrogens with zero attached hydrogens (tertiary/aromatic N) is 2. The molecule has 0 heterocycles. The number of rotatable bonds is 5. The summed E-state index contributed by atoms with van der Waals surface area (Å²) in [6.07, 6.45) is 4.46. The highest BCUT2D eigenvalue weighted by molar-refractivity contribution is 5.56. The van der Waals surface area contributed by atoms with Crippen LogP contribution in [0.2, 0.25) is 0 Å². The van der Waals surface area contributed by atoms with E-state index in [4.69, 9.17) is 5.26 Å². The van der Waals surface area contributed by atoms with Gasteiger partial charge in [0.1, 0.15) is 0 Å². The molecule has 56 valence electrons. The highest BCUT2D eigenvalue weighted by atomic mass is 15.3. The van der Waals surface area contributed by atoms with E-state index in [0.29, 0.717) is 13.0 Å². The van der Waals surface area contributed by atoms with Gasteiger partial charge in [0.05, 0.1) is 12.5 Å². The summed E-state index contributed by atoms with van der Waals surface area (Å²) in [6.45, 7) is 2.75. The number of hydrazone groups is 1. The molecule has 0 amide bonds. The van der Waals surface area contributed by atoms with Crippen LogP contribution in [-0.4, -0.2) is 12.8 Å². The number of hydrogen-bond acceptors (Lipinski definition) is 3. The van der Waals surface area contributed by atoms with E-state index in [9.17, 15) is 0 Å². The lowest BCUT2D eigenvalue weighted by Crippen LogP contribution is -2.06. The zero-order valence-corrected chi connectivity index (χ0v) is 6.30. The standard InChI is InChI=1S/C7H13N3/c1-2-3-6-9-10-7-4-5-8/h6,10H,2-4,7H2,1H3/b9-6+. The molecule has 0 saturated heterocycles. The lowest BCUT2D eigenvalue weighted by Gasteiger charge is -1.91. The topological polar surface area (TPSA) is 48.2 Å². The third-order valence-corrected chi connectivity index (χ3v) is 0.949. The van der Waals surface area contributed by atoms with Gasteiger partial charge in [-0.05, 0) is 6.42 Å². The highest BCUT2D eigenvalue weighted by Crippen LogP contribution is 1.78. The Morgan fingerprint density at radius 3 is 3.10 bits per heavy atom. The van der Waals surface area contributed by atoms with Gasteiger partial charge in [-0.2, -0.15) is 10.4 Å². The van der Waals surface area contributed by atoms with Crippen LogP contribution in [0, 0.1) is 11.3 Å². The van der Waals surface area contributed by atoms with E-state index < -0.39 is 0 Å². The molecular weight excluding hydrogens is 126 g/mol. The third-order valence-electron chi connectivity index (χ3n) is 0.949. The Kier molecular flexibility index (Phi) is 7.13. The maximum Gasteiger partial charge on any atom is 0.0640 e. The molecule has 10 heavy (non-hydrogen) atoms. The molecule has 0 aliphatic carbocycles. The van der Waals surface area contributed by atoms with E-state index in [-0.39, 0.29) is 0 Å². The summed E-state index contributed by atoms with van der Waals surface area (Å²) in [4.78, 5) is 0. The summed E-state index contributed by atoms with van der Waals surface area (Å²) >= 11 is 0. The lowest BCUT2D eigenvalue weighted by atomic mass is 10.4. The van der Waals surface area contributed by atoms with Crippen molar-refractivity contribution >= 4 is 6.21 Å². The van der Waals surface area contributed by atoms with Gasteiger partial charge in [-0.15, -0.1) is 0 Å². The number of nitrogens with one attached hydrogen (secondary N) is 1. The highest BCUT2D eigenvalue weighted by Gasteiger charge is 1.77. The van der Waals surface area contributed by atoms with E-state index in [2.05, 4.69) is 17.5 Å². The summed E-state index contributed by atoms with van der Waals surface area (Å²) in [5, 5.41) is 12.0. The first-order chi connectivity index (χ1) is 4.91. The van der Waals surface area contributed by atoms with Crippen LogP contribution in [0.3, 0.4) is 0 Å². The molecule has 0 aromatic carbocycles. The van der Waals surface area contributed by atoms with Crippen molar-refractivity contribution in [2.45, 2.75) is 26.2 Å². The van der Waals surface area contributed by atoms with Gasteiger partial charge < -0.3 is 5.43 Å². The van der Waals surface area contributed by atoms with Crippen LogP contribution in [0.25, 0.3) is 0 Å². The van der Waals surface area contributed by atoms with Crippen LogP contribution in [-0.2, 0) is 0 Å². The van der Waals surface area contributed by atoms with Gasteiger partial charge in [0, 0.05) is 12.8 Å². The minimum absolute atomic E-state index is 0.517. The Balaban J connectivity index is 2.96. The summed E-state index contributed by atoms with van der Waals surface area (Å²) < 4.78 is 0. The van der Waals surface area contributed by atoms with Crippen LogP contribution < -0.4 is 5.43 Å². The molecule has 0 aliphatic rings. The number of nitriles is 1. The SMILES string of the molecule is CCC/C=N/NCCC#N. The fourth-order valence-corrected chi connectivity index (χ4v) is 0.435. The van der Waals surface area contributed by atoms with E-state index in [0.717, 1.165) is 12.8 Å². The molecule has 0 radical (unpaired) electrons. The van der Waals surface area contributed by atoms with Crippen molar-refractivity contribution in [1.82, 2.24) is 5.43 Å². The average Bonchev–Trinajstić information content (AvgIpc) is 1.97. The van der Waals surface area contributed by atoms with E-state index in [1.54, 1.807) is 0 Å². The molecule has 0 aromatic heterocycles. The Morgan fingerprint density at radius 1 is 1.70 bits per heavy atom. The fourth-order valence-electron chi connectivity index (χ4n) is 0.435. The van der Waals surface area contributed by atoms with Gasteiger partial charge in [0.15, 0.2) is 0 Å². The second-order valence-electron chi connectivity index (χ2n) is 1.92. The van der Waals surface area contributed by atoms with Gasteiger partial charge in [-0.25, -0.2) is 0 Å². The minimum Gasteiger partial charge on any atom is -0.309 e. The monoisotopic (exact) mass is 139 g/mol. The molecule has 0 unspecified atom stereocenters. The zero-order chi connectivity index (χ0) is 7.66. The maximum absolute atomic E-state index is 8.13. The Morgan fingerprint density at radius 2 is 2.50 bits per heavy atom. The van der Waals surface area contributed by atoms with E-state index in [1.807, 2.05) is 12.3 Å². The first-order valence-electron chi connectivity index (χ1n) is 3.53. The molecule has 3 nitrogen and oxygen atoms in total. The maximum atomic E-state index is 8.13. The molecular formula is C7H13N3. The second kappa shape index (κ2) is 7.96. The van der Waals surface area contributed by atoms with Crippen molar-refractivity contribution in [2.24, 2.45) is 5.10 Å². The van der Waals surface area contributed by atoms with Gasteiger partial charge in [-0.1, -0.05) is 13.3 Å².